The van der Waals surface area contributed by atoms with Gasteiger partial charge in [0.15, 0.2) is 0 Å². The van der Waals surface area contributed by atoms with Gasteiger partial charge in [-0.1, -0.05) is 12.1 Å². The van der Waals surface area contributed by atoms with E-state index in [4.69, 9.17) is 4.74 Å². The summed E-state index contributed by atoms with van der Waals surface area (Å²) < 4.78 is 6.45. The lowest BCUT2D eigenvalue weighted by molar-refractivity contribution is 0.177. The molecule has 1 heterocycles. The monoisotopic (exact) mass is 249 g/mol. The van der Waals surface area contributed by atoms with E-state index < -0.39 is 6.09 Å². The first-order valence-electron chi connectivity index (χ1n) is 5.57. The van der Waals surface area contributed by atoms with Crippen LogP contribution in [-0.4, -0.2) is 41.1 Å². The molecule has 0 aliphatic carbocycles. The van der Waals surface area contributed by atoms with Crippen LogP contribution < -0.4 is 5.01 Å². The molecule has 1 aromatic heterocycles. The van der Waals surface area contributed by atoms with E-state index in [1.165, 1.54) is 23.1 Å². The van der Waals surface area contributed by atoms with Crippen LogP contribution in [0.15, 0.2) is 24.5 Å². The molecule has 0 aliphatic heterocycles. The number of amides is 1. The zero-order chi connectivity index (χ0) is 13.1. The van der Waals surface area contributed by atoms with Gasteiger partial charge in [0.25, 0.3) is 0 Å². The summed E-state index contributed by atoms with van der Waals surface area (Å²) in [4.78, 5) is 15.5. The number of para-hydroxylation sites is 1. The number of aryl methyl sites for hydroxylation is 1. The van der Waals surface area contributed by atoms with Gasteiger partial charge in [0, 0.05) is 7.11 Å². The smallest absolute Gasteiger partial charge is 0.426 e. The molecule has 2 rings (SSSR count). The Morgan fingerprint density at radius 3 is 3.00 bits per heavy atom. The summed E-state index contributed by atoms with van der Waals surface area (Å²) >= 11 is 0. The first-order chi connectivity index (χ1) is 8.65. The topological polar surface area (TPSA) is 67.6 Å². The van der Waals surface area contributed by atoms with Crippen molar-refractivity contribution in [2.75, 3.05) is 25.3 Å². The van der Waals surface area contributed by atoms with Crippen LogP contribution in [0.2, 0.25) is 0 Å². The van der Waals surface area contributed by atoms with Gasteiger partial charge < -0.3 is 9.84 Å². The van der Waals surface area contributed by atoms with Crippen LogP contribution in [0.3, 0.4) is 0 Å². The van der Waals surface area contributed by atoms with Crippen molar-refractivity contribution in [3.63, 3.8) is 0 Å². The fraction of sp³-hybridized carbons (Fsp3) is 0.333. The Balaban J connectivity index is 2.44. The normalized spacial score (nSPS) is 10.8. The predicted octanol–water partition coefficient (Wildman–Crippen LogP) is 1.61. The van der Waals surface area contributed by atoms with Crippen molar-refractivity contribution in [3.05, 3.63) is 30.1 Å². The molecule has 96 valence electrons. The highest BCUT2D eigenvalue weighted by molar-refractivity contribution is 5.83. The van der Waals surface area contributed by atoms with Gasteiger partial charge in [-0.2, -0.15) is 0 Å². The Morgan fingerprint density at radius 1 is 1.56 bits per heavy atom. The van der Waals surface area contributed by atoms with Crippen molar-refractivity contribution >= 4 is 17.1 Å². The summed E-state index contributed by atoms with van der Waals surface area (Å²) in [5.74, 6) is 0. The average molecular weight is 249 g/mol. The third-order valence-electron chi connectivity index (χ3n) is 2.75. The van der Waals surface area contributed by atoms with Gasteiger partial charge in [0.05, 0.1) is 24.2 Å². The maximum atomic E-state index is 11.3. The van der Waals surface area contributed by atoms with E-state index >= 15 is 0 Å². The van der Waals surface area contributed by atoms with Crippen molar-refractivity contribution < 1.29 is 14.6 Å². The first kappa shape index (κ1) is 12.4. The highest BCUT2D eigenvalue weighted by Gasteiger charge is 2.16. The first-order valence-corrected chi connectivity index (χ1v) is 5.57. The Kier molecular flexibility index (Phi) is 3.47. The van der Waals surface area contributed by atoms with Crippen molar-refractivity contribution in [1.82, 2.24) is 9.66 Å². The van der Waals surface area contributed by atoms with Gasteiger partial charge >= 0.3 is 6.09 Å². The lowest BCUT2D eigenvalue weighted by atomic mass is 10.2. The molecule has 0 saturated carbocycles. The second kappa shape index (κ2) is 5.05. The van der Waals surface area contributed by atoms with Gasteiger partial charge in [0.2, 0.25) is 0 Å². The number of carbonyl (C=O) groups is 1. The van der Waals surface area contributed by atoms with Crippen molar-refractivity contribution in [2.24, 2.45) is 0 Å². The summed E-state index contributed by atoms with van der Waals surface area (Å²) in [7, 11) is 1.54. The van der Waals surface area contributed by atoms with E-state index in [0.717, 1.165) is 16.6 Å². The number of aromatic nitrogens is 2. The number of fused-ring (bicyclic) bond motifs is 1. The maximum Gasteiger partial charge on any atom is 0.426 e. The van der Waals surface area contributed by atoms with Crippen molar-refractivity contribution in [1.29, 1.82) is 0 Å². The van der Waals surface area contributed by atoms with Crippen molar-refractivity contribution in [3.8, 4) is 0 Å². The summed E-state index contributed by atoms with van der Waals surface area (Å²) in [5.41, 5.74) is 2.60. The standard InChI is InChI=1S/C12H15N3O3/c1-9-4-3-5-10-11(9)13-8-15(10)14(12(16)17)6-7-18-2/h3-5,8H,6-7H2,1-2H3,(H,16,17). The number of ether oxygens (including phenoxy) is 1. The van der Waals surface area contributed by atoms with Crippen LogP contribution in [-0.2, 0) is 4.74 Å². The molecule has 6 heteroatoms. The van der Waals surface area contributed by atoms with Crippen LogP contribution >= 0.6 is 0 Å². The molecular weight excluding hydrogens is 234 g/mol. The molecule has 1 aromatic carbocycles. The highest BCUT2D eigenvalue weighted by atomic mass is 16.5. The van der Waals surface area contributed by atoms with Gasteiger partial charge in [-0.05, 0) is 18.6 Å². The Bertz CT molecular complexity index is 565. The number of benzene rings is 1. The molecule has 0 bridgehead atoms. The molecule has 0 unspecified atom stereocenters. The number of hydrogen-bond donors (Lipinski definition) is 1. The van der Waals surface area contributed by atoms with Gasteiger partial charge in [0.1, 0.15) is 6.33 Å². The summed E-state index contributed by atoms with van der Waals surface area (Å²) in [6, 6.07) is 5.67. The molecule has 0 spiro atoms. The minimum atomic E-state index is -1.03. The number of nitrogens with zero attached hydrogens (tertiary/aromatic N) is 3. The van der Waals surface area contributed by atoms with Gasteiger partial charge in [-0.3, -0.25) is 0 Å². The maximum absolute atomic E-state index is 11.3. The second-order valence-electron chi connectivity index (χ2n) is 3.93. The Labute approximate surface area is 104 Å². The average Bonchev–Trinajstić information content (AvgIpc) is 2.75. The van der Waals surface area contributed by atoms with Gasteiger partial charge in [-0.15, -0.1) is 0 Å². The minimum Gasteiger partial charge on any atom is -0.464 e. The zero-order valence-corrected chi connectivity index (χ0v) is 10.3. The summed E-state index contributed by atoms with van der Waals surface area (Å²) in [6.07, 6.45) is 0.481. The van der Waals surface area contributed by atoms with E-state index in [1.807, 2.05) is 25.1 Å². The quantitative estimate of drug-likeness (QED) is 0.893. The van der Waals surface area contributed by atoms with Crippen LogP contribution in [0, 0.1) is 6.92 Å². The number of rotatable bonds is 4. The van der Waals surface area contributed by atoms with E-state index in [-0.39, 0.29) is 6.54 Å². The molecule has 0 radical (unpaired) electrons. The molecule has 2 aromatic rings. The SMILES string of the molecule is COCCN(C(=O)O)n1cnc2c(C)cccc21. The number of methoxy groups -OCH3 is 1. The fourth-order valence-corrected chi connectivity index (χ4v) is 1.84. The van der Waals surface area contributed by atoms with E-state index in [1.54, 1.807) is 0 Å². The lowest BCUT2D eigenvalue weighted by Gasteiger charge is -2.20. The third kappa shape index (κ3) is 2.14. The molecule has 0 fully saturated rings. The third-order valence-corrected chi connectivity index (χ3v) is 2.75. The number of hydrogen-bond acceptors (Lipinski definition) is 3. The van der Waals surface area contributed by atoms with Crippen LogP contribution in [0.4, 0.5) is 4.79 Å². The fourth-order valence-electron chi connectivity index (χ4n) is 1.84. The van der Waals surface area contributed by atoms with E-state index in [9.17, 15) is 9.90 Å². The summed E-state index contributed by atoms with van der Waals surface area (Å²) in [5, 5.41) is 10.4. The number of imidazole rings is 1. The minimum absolute atomic E-state index is 0.255. The van der Waals surface area contributed by atoms with Crippen LogP contribution in [0.25, 0.3) is 11.0 Å². The van der Waals surface area contributed by atoms with Crippen LogP contribution in [0.1, 0.15) is 5.56 Å². The second-order valence-corrected chi connectivity index (χ2v) is 3.93. The molecule has 1 N–H and O–H groups in total. The largest absolute Gasteiger partial charge is 0.464 e. The Morgan fingerprint density at radius 2 is 2.33 bits per heavy atom. The highest BCUT2D eigenvalue weighted by Crippen LogP contribution is 2.16. The predicted molar refractivity (Wildman–Crippen MR) is 67.5 cm³/mol. The van der Waals surface area contributed by atoms with E-state index in [0.29, 0.717) is 6.61 Å². The molecule has 0 saturated heterocycles. The van der Waals surface area contributed by atoms with Gasteiger partial charge in [-0.25, -0.2) is 19.5 Å². The Hall–Kier alpha value is -2.08. The molecular formula is C12H15N3O3. The van der Waals surface area contributed by atoms with Crippen molar-refractivity contribution in [2.45, 2.75) is 6.92 Å². The van der Waals surface area contributed by atoms with E-state index in [2.05, 4.69) is 4.98 Å². The lowest BCUT2D eigenvalue weighted by Crippen LogP contribution is -2.41. The molecule has 0 atom stereocenters. The summed E-state index contributed by atoms with van der Waals surface area (Å²) in [6.45, 7) is 2.53. The molecule has 1 amide bonds. The zero-order valence-electron chi connectivity index (χ0n) is 10.3. The molecule has 0 aliphatic rings. The van der Waals surface area contributed by atoms with Crippen LogP contribution in [0.5, 0.6) is 0 Å². The molecule has 18 heavy (non-hydrogen) atoms. The molecule has 6 nitrogen and oxygen atoms in total. The number of carboxylic acid groups (broad SMARTS) is 1.